The lowest BCUT2D eigenvalue weighted by Gasteiger charge is -2.63. The second-order valence-corrected chi connectivity index (χ2v) is 17.2. The van der Waals surface area contributed by atoms with Crippen molar-refractivity contribution in [3.05, 3.63) is 75.0 Å². The minimum Gasteiger partial charge on any atom is -0.504 e. The number of phenolic OH excluding ortho intramolecular Hbond substituents is 1. The number of carbonyl (C=O) groups is 2. The van der Waals surface area contributed by atoms with Crippen molar-refractivity contribution >= 4 is 34.7 Å². The Hall–Kier alpha value is -4.47. The van der Waals surface area contributed by atoms with Gasteiger partial charge in [-0.1, -0.05) is 24.3 Å². The Morgan fingerprint density at radius 3 is 2.66 bits per heavy atom. The SMILES string of the molecule is COc1c(C)cc2c(c1O)[C@H]1[C@@H]3[C@@H]4SC[C@]5(N[C@H](CN)Cc6c5oc5ccccc65)C(=O)OC[C@@H](c5c6c(c(C)c(OC(C)=O)c54)OCO6)N3[C@@H](C)[C@H](C2)N1C. The van der Waals surface area contributed by atoms with Crippen LogP contribution in [0.15, 0.2) is 34.7 Å². The monoisotopic (exact) mass is 782 g/mol. The van der Waals surface area contributed by atoms with Crippen molar-refractivity contribution in [3.63, 3.8) is 0 Å². The number of aryl methyl sites for hydroxylation is 1. The molecule has 2 fully saturated rings. The highest BCUT2D eigenvalue weighted by atomic mass is 32.2. The maximum absolute atomic E-state index is 15.0. The van der Waals surface area contributed by atoms with Gasteiger partial charge in [-0.2, -0.15) is 0 Å². The smallest absolute Gasteiger partial charge is 0.335 e. The lowest BCUT2D eigenvalue weighted by Crippen LogP contribution is -2.69. The van der Waals surface area contributed by atoms with Gasteiger partial charge in [-0.3, -0.25) is 19.9 Å². The second-order valence-electron chi connectivity index (χ2n) is 16.1. The predicted molar refractivity (Wildman–Crippen MR) is 208 cm³/mol. The summed E-state index contributed by atoms with van der Waals surface area (Å²) in [4.78, 5) is 32.9. The number of furan rings is 1. The Balaban J connectivity index is 1.25. The molecule has 8 heterocycles. The lowest BCUT2D eigenvalue weighted by atomic mass is 9.71. The van der Waals surface area contributed by atoms with Crippen LogP contribution in [0.3, 0.4) is 0 Å². The Labute approximate surface area is 328 Å². The number of thioether (sulfide) groups is 1. The summed E-state index contributed by atoms with van der Waals surface area (Å²) in [6.45, 7) is 7.75. The maximum atomic E-state index is 15.0. The number of carbonyl (C=O) groups excluding carboxylic acids is 2. The number of benzene rings is 3. The summed E-state index contributed by atoms with van der Waals surface area (Å²) in [5, 5.41) is 16.3. The zero-order valence-corrected chi connectivity index (χ0v) is 33.1. The molecule has 7 aliphatic rings. The lowest BCUT2D eigenvalue weighted by molar-refractivity contribution is -0.159. The number of likely N-dealkylation sites (N-methyl/N-ethyl adjacent to an activating group) is 1. The van der Waals surface area contributed by atoms with Crippen molar-refractivity contribution in [3.8, 4) is 28.7 Å². The van der Waals surface area contributed by atoms with E-state index in [0.717, 1.165) is 38.8 Å². The third kappa shape index (κ3) is 4.76. The molecule has 7 aliphatic heterocycles. The summed E-state index contributed by atoms with van der Waals surface area (Å²) in [5.74, 6) is 1.91. The van der Waals surface area contributed by atoms with E-state index >= 15 is 4.79 Å². The van der Waals surface area contributed by atoms with Crippen LogP contribution >= 0.6 is 11.8 Å². The highest BCUT2D eigenvalue weighted by Crippen LogP contribution is 2.64. The van der Waals surface area contributed by atoms with E-state index in [1.807, 2.05) is 38.1 Å². The minimum absolute atomic E-state index is 0.00611. The van der Waals surface area contributed by atoms with Gasteiger partial charge in [0, 0.05) is 76.6 Å². The van der Waals surface area contributed by atoms with E-state index < -0.39 is 28.8 Å². The maximum Gasteiger partial charge on any atom is 0.335 e. The van der Waals surface area contributed by atoms with Crippen LogP contribution in [0.1, 0.15) is 75.9 Å². The fourth-order valence-corrected chi connectivity index (χ4v) is 12.6. The highest BCUT2D eigenvalue weighted by Gasteiger charge is 2.61. The van der Waals surface area contributed by atoms with E-state index in [2.05, 4.69) is 35.2 Å². The van der Waals surface area contributed by atoms with E-state index in [1.165, 1.54) is 6.92 Å². The summed E-state index contributed by atoms with van der Waals surface area (Å²) in [7, 11) is 3.71. The Morgan fingerprint density at radius 1 is 1.11 bits per heavy atom. The Morgan fingerprint density at radius 2 is 1.89 bits per heavy atom. The van der Waals surface area contributed by atoms with E-state index in [0.29, 0.717) is 59.3 Å². The number of hydrogen-bond acceptors (Lipinski definition) is 14. The summed E-state index contributed by atoms with van der Waals surface area (Å²) in [6.07, 6.45) is 1.30. The Bertz CT molecular complexity index is 2350. The number of hydrogen-bond donors (Lipinski definition) is 3. The van der Waals surface area contributed by atoms with Crippen LogP contribution in [0.5, 0.6) is 28.7 Å². The van der Waals surface area contributed by atoms with Crippen molar-refractivity contribution < 1.29 is 42.8 Å². The van der Waals surface area contributed by atoms with Gasteiger partial charge in [0.2, 0.25) is 6.79 Å². The number of ether oxygens (including phenoxy) is 5. The molecule has 8 atom stereocenters. The average Bonchev–Trinajstić information content (AvgIpc) is 3.82. The van der Waals surface area contributed by atoms with E-state index in [4.69, 9.17) is 33.8 Å². The molecule has 1 aromatic heterocycles. The molecule has 4 bridgehead atoms. The van der Waals surface area contributed by atoms with Crippen LogP contribution in [0.2, 0.25) is 0 Å². The van der Waals surface area contributed by atoms with Crippen molar-refractivity contribution in [1.82, 2.24) is 15.1 Å². The molecule has 0 saturated carbocycles. The van der Waals surface area contributed by atoms with E-state index in [1.54, 1.807) is 18.9 Å². The first-order valence-corrected chi connectivity index (χ1v) is 20.3. The molecule has 13 nitrogen and oxygen atoms in total. The number of piperazine rings is 1. The molecule has 4 N–H and O–H groups in total. The number of nitrogens with zero attached hydrogens (tertiary/aromatic N) is 2. The number of fused-ring (bicyclic) bond motifs is 11. The molecule has 0 radical (unpaired) electrons. The first kappa shape index (κ1) is 35.9. The fourth-order valence-electron chi connectivity index (χ4n) is 10.9. The van der Waals surface area contributed by atoms with Gasteiger partial charge in [-0.05, 0) is 57.9 Å². The number of nitrogens with two attached hydrogens (primary N) is 1. The summed E-state index contributed by atoms with van der Waals surface area (Å²) in [6, 6.07) is 8.58. The van der Waals surface area contributed by atoms with Gasteiger partial charge < -0.3 is 38.9 Å². The predicted octanol–water partition coefficient (Wildman–Crippen LogP) is 4.84. The Kier molecular flexibility index (Phi) is 8.19. The topological polar surface area (TPSA) is 158 Å². The molecule has 0 aliphatic carbocycles. The number of methoxy groups -OCH3 is 1. The molecule has 0 amide bonds. The second kappa shape index (κ2) is 12.8. The molecule has 56 heavy (non-hydrogen) atoms. The summed E-state index contributed by atoms with van der Waals surface area (Å²) in [5.41, 5.74) is 11.6. The van der Waals surface area contributed by atoms with Crippen LogP contribution in [0.25, 0.3) is 11.0 Å². The zero-order valence-electron chi connectivity index (χ0n) is 32.3. The third-order valence-electron chi connectivity index (χ3n) is 13.2. The number of para-hydroxylation sites is 1. The molecule has 3 aromatic carbocycles. The van der Waals surface area contributed by atoms with Gasteiger partial charge in [0.25, 0.3) is 0 Å². The first-order chi connectivity index (χ1) is 27.0. The molecule has 0 unspecified atom stereocenters. The quantitative estimate of drug-likeness (QED) is 0.192. The standard InChI is InChI=1S/C42H46N4O9S/c1-18-11-22-12-26-20(3)46-27-15-51-41(49)42(40-25(13-23(14-43)44-42)24-9-7-8-10-28(24)55-40)16-56-39(33(46)32(45(26)5)29(22)34(48)35(18)50-6)31-30(27)38-37(52-17-53-38)19(2)36(31)54-21(4)47/h7-11,20,23,26-27,32-33,39,44,48H,12-17,43H2,1-6H3/t20-,23-,26-,27-,32-,33+,39+,42+/m0/s1. The van der Waals surface area contributed by atoms with Gasteiger partial charge in [0.15, 0.2) is 28.5 Å². The van der Waals surface area contributed by atoms with Crippen molar-refractivity contribution in [2.45, 2.75) is 87.6 Å². The largest absolute Gasteiger partial charge is 0.504 e. The molecule has 2 saturated heterocycles. The van der Waals surface area contributed by atoms with E-state index in [-0.39, 0.29) is 55.1 Å². The highest BCUT2D eigenvalue weighted by molar-refractivity contribution is 7.99. The van der Waals surface area contributed by atoms with Crippen LogP contribution in [-0.4, -0.2) is 90.9 Å². The van der Waals surface area contributed by atoms with Crippen molar-refractivity contribution in [2.24, 2.45) is 5.73 Å². The van der Waals surface area contributed by atoms with Crippen LogP contribution in [0.4, 0.5) is 0 Å². The number of rotatable bonds is 3. The van der Waals surface area contributed by atoms with Crippen molar-refractivity contribution in [2.75, 3.05) is 39.9 Å². The molecule has 11 rings (SSSR count). The fraction of sp³-hybridized carbons (Fsp3) is 0.476. The summed E-state index contributed by atoms with van der Waals surface area (Å²) < 4.78 is 37.6. The van der Waals surface area contributed by atoms with Gasteiger partial charge in [0.1, 0.15) is 23.7 Å². The van der Waals surface area contributed by atoms with Crippen LogP contribution < -0.4 is 30.0 Å². The van der Waals surface area contributed by atoms with Crippen LogP contribution in [0, 0.1) is 13.8 Å². The van der Waals surface area contributed by atoms with Crippen LogP contribution in [-0.2, 0) is 32.7 Å². The number of esters is 2. The van der Waals surface area contributed by atoms with Gasteiger partial charge in [-0.25, -0.2) is 4.79 Å². The average molecular weight is 783 g/mol. The zero-order chi connectivity index (χ0) is 38.9. The van der Waals surface area contributed by atoms with Crippen molar-refractivity contribution in [1.29, 1.82) is 0 Å². The molecular weight excluding hydrogens is 737 g/mol. The molecule has 14 heteroatoms. The molecule has 1 spiro atoms. The first-order valence-electron chi connectivity index (χ1n) is 19.3. The van der Waals surface area contributed by atoms with Gasteiger partial charge >= 0.3 is 11.9 Å². The summed E-state index contributed by atoms with van der Waals surface area (Å²) >= 11 is 1.59. The molecule has 294 valence electrons. The van der Waals surface area contributed by atoms with Gasteiger partial charge in [0.05, 0.1) is 24.4 Å². The normalized spacial score (nSPS) is 30.3. The minimum atomic E-state index is -1.39. The van der Waals surface area contributed by atoms with Gasteiger partial charge in [-0.15, -0.1) is 11.8 Å². The number of phenols is 1. The number of nitrogens with one attached hydrogen (secondary N) is 1. The number of aromatic hydroxyl groups is 1. The molecular formula is C42H46N4O9S. The molecule has 4 aromatic rings. The third-order valence-corrected chi connectivity index (χ3v) is 14.7. The van der Waals surface area contributed by atoms with E-state index in [9.17, 15) is 9.90 Å².